The topological polar surface area (TPSA) is 82.5 Å². The van der Waals surface area contributed by atoms with E-state index in [4.69, 9.17) is 5.11 Å². The Morgan fingerprint density at radius 3 is 2.60 bits per heavy atom. The molecule has 0 aliphatic carbocycles. The van der Waals surface area contributed by atoms with Crippen LogP contribution >= 0.6 is 0 Å². The van der Waals surface area contributed by atoms with Gasteiger partial charge in [0.1, 0.15) is 0 Å². The Kier molecular flexibility index (Phi) is 4.85. The molecule has 6 heteroatoms. The van der Waals surface area contributed by atoms with Crippen molar-refractivity contribution in [2.24, 2.45) is 0 Å². The molecule has 0 bridgehead atoms. The second kappa shape index (κ2) is 6.18. The summed E-state index contributed by atoms with van der Waals surface area (Å²) in [6, 6.07) is 1.03. The fourth-order valence-electron chi connectivity index (χ4n) is 1.61. The number of aromatic nitrogens is 1. The fraction of sp³-hybridized carbons (Fsp3) is 0.357. The average Bonchev–Trinajstić information content (AvgIpc) is 2.34. The molecular weight excluding hydrogens is 258 g/mol. The number of hydrogen-bond acceptors (Lipinski definition) is 3. The van der Waals surface area contributed by atoms with Gasteiger partial charge in [0.05, 0.1) is 17.4 Å². The third-order valence-electron chi connectivity index (χ3n) is 2.60. The largest absolute Gasteiger partial charge is 0.478 e. The first-order valence-electron chi connectivity index (χ1n) is 6.13. The highest BCUT2D eigenvalue weighted by molar-refractivity contribution is 5.93. The molecule has 1 aromatic heterocycles. The molecule has 0 atom stereocenters. The maximum absolute atomic E-state index is 12.2. The number of carboxylic acids is 1. The standard InChI is InChI=1S/C14H19N3O3/c1-5-6-17(14(2,3)4)13(20)16-11-7-10(12(18)19)8-15-9-11/h5,7-9H,1,6H2,2-4H3,(H,16,20)(H,18,19). The molecule has 108 valence electrons. The van der Waals surface area contributed by atoms with Crippen LogP contribution in [-0.2, 0) is 0 Å². The molecule has 2 N–H and O–H groups in total. The third kappa shape index (κ3) is 4.08. The summed E-state index contributed by atoms with van der Waals surface area (Å²) < 4.78 is 0. The summed E-state index contributed by atoms with van der Waals surface area (Å²) in [4.78, 5) is 28.5. The van der Waals surface area contributed by atoms with E-state index in [-0.39, 0.29) is 17.1 Å². The second-order valence-electron chi connectivity index (χ2n) is 5.27. The van der Waals surface area contributed by atoms with Crippen molar-refractivity contribution >= 4 is 17.7 Å². The van der Waals surface area contributed by atoms with Crippen molar-refractivity contribution in [3.63, 3.8) is 0 Å². The van der Waals surface area contributed by atoms with Crippen LogP contribution in [0.15, 0.2) is 31.1 Å². The van der Waals surface area contributed by atoms with Crippen LogP contribution in [0.3, 0.4) is 0 Å². The Bertz CT molecular complexity index is 521. The van der Waals surface area contributed by atoms with Gasteiger partial charge in [-0.3, -0.25) is 4.98 Å². The predicted molar refractivity (Wildman–Crippen MR) is 76.9 cm³/mol. The molecule has 0 aliphatic rings. The van der Waals surface area contributed by atoms with Crippen LogP contribution in [0.2, 0.25) is 0 Å². The molecule has 6 nitrogen and oxygen atoms in total. The molecule has 0 fully saturated rings. The van der Waals surface area contributed by atoms with Gasteiger partial charge in [-0.1, -0.05) is 6.08 Å². The minimum absolute atomic E-state index is 0.0221. The first kappa shape index (κ1) is 15.7. The highest BCUT2D eigenvalue weighted by Crippen LogP contribution is 2.16. The number of carbonyl (C=O) groups is 2. The summed E-state index contributed by atoms with van der Waals surface area (Å²) in [6.45, 7) is 9.73. The van der Waals surface area contributed by atoms with E-state index >= 15 is 0 Å². The maximum Gasteiger partial charge on any atom is 0.337 e. The van der Waals surface area contributed by atoms with Gasteiger partial charge in [-0.25, -0.2) is 9.59 Å². The number of urea groups is 1. The van der Waals surface area contributed by atoms with Gasteiger partial charge in [-0.15, -0.1) is 6.58 Å². The van der Waals surface area contributed by atoms with E-state index in [1.165, 1.54) is 18.5 Å². The molecule has 1 heterocycles. The Morgan fingerprint density at radius 1 is 1.45 bits per heavy atom. The van der Waals surface area contributed by atoms with Crippen molar-refractivity contribution in [1.82, 2.24) is 9.88 Å². The van der Waals surface area contributed by atoms with Crippen molar-refractivity contribution in [3.05, 3.63) is 36.7 Å². The van der Waals surface area contributed by atoms with Gasteiger partial charge in [0.25, 0.3) is 0 Å². The van der Waals surface area contributed by atoms with Crippen molar-refractivity contribution in [2.75, 3.05) is 11.9 Å². The molecule has 0 aromatic carbocycles. The lowest BCUT2D eigenvalue weighted by Gasteiger charge is -2.34. The van der Waals surface area contributed by atoms with Gasteiger partial charge in [0.2, 0.25) is 0 Å². The van der Waals surface area contributed by atoms with Gasteiger partial charge in [-0.2, -0.15) is 0 Å². The van der Waals surface area contributed by atoms with E-state index in [0.717, 1.165) is 0 Å². The number of rotatable bonds is 4. The van der Waals surface area contributed by atoms with Gasteiger partial charge in [-0.05, 0) is 26.8 Å². The van der Waals surface area contributed by atoms with E-state index in [2.05, 4.69) is 16.9 Å². The molecular formula is C14H19N3O3. The number of carboxylic acid groups (broad SMARTS) is 1. The SMILES string of the molecule is C=CCN(C(=O)Nc1cncc(C(=O)O)c1)C(C)(C)C. The zero-order valence-electron chi connectivity index (χ0n) is 11.9. The third-order valence-corrected chi connectivity index (χ3v) is 2.60. The van der Waals surface area contributed by atoms with E-state index in [1.54, 1.807) is 11.0 Å². The van der Waals surface area contributed by atoms with E-state index in [9.17, 15) is 9.59 Å². The first-order valence-corrected chi connectivity index (χ1v) is 6.13. The monoisotopic (exact) mass is 277 g/mol. The average molecular weight is 277 g/mol. The molecule has 2 amide bonds. The number of aromatic carboxylic acids is 1. The Hall–Kier alpha value is -2.37. The summed E-state index contributed by atoms with van der Waals surface area (Å²) in [6.07, 6.45) is 4.26. The summed E-state index contributed by atoms with van der Waals surface area (Å²) >= 11 is 0. The number of nitrogens with one attached hydrogen (secondary N) is 1. The quantitative estimate of drug-likeness (QED) is 0.829. The van der Waals surface area contributed by atoms with Crippen LogP contribution in [0.4, 0.5) is 10.5 Å². The normalized spacial score (nSPS) is 10.8. The minimum atomic E-state index is -1.09. The second-order valence-corrected chi connectivity index (χ2v) is 5.27. The fourth-order valence-corrected chi connectivity index (χ4v) is 1.61. The lowest BCUT2D eigenvalue weighted by atomic mass is 10.1. The van der Waals surface area contributed by atoms with Crippen molar-refractivity contribution < 1.29 is 14.7 Å². The summed E-state index contributed by atoms with van der Waals surface area (Å²) in [5.41, 5.74) is -0.0159. The molecule has 0 spiro atoms. The first-order chi connectivity index (χ1) is 9.25. The molecule has 0 unspecified atom stereocenters. The summed E-state index contributed by atoms with van der Waals surface area (Å²) in [7, 11) is 0. The molecule has 20 heavy (non-hydrogen) atoms. The smallest absolute Gasteiger partial charge is 0.337 e. The number of hydrogen-bond donors (Lipinski definition) is 2. The molecule has 1 rings (SSSR count). The minimum Gasteiger partial charge on any atom is -0.478 e. The zero-order valence-corrected chi connectivity index (χ0v) is 11.9. The highest BCUT2D eigenvalue weighted by atomic mass is 16.4. The van der Waals surface area contributed by atoms with Crippen LogP contribution in [0.5, 0.6) is 0 Å². The van der Waals surface area contributed by atoms with Gasteiger partial charge >= 0.3 is 12.0 Å². The molecule has 0 saturated carbocycles. The molecule has 0 saturated heterocycles. The zero-order chi connectivity index (χ0) is 15.3. The number of nitrogens with zero attached hydrogens (tertiary/aromatic N) is 2. The Balaban J connectivity index is 2.91. The summed E-state index contributed by atoms with van der Waals surface area (Å²) in [5, 5.41) is 11.5. The highest BCUT2D eigenvalue weighted by Gasteiger charge is 2.25. The van der Waals surface area contributed by atoms with E-state index in [1.807, 2.05) is 20.8 Å². The van der Waals surface area contributed by atoms with Crippen LogP contribution in [0.1, 0.15) is 31.1 Å². The lowest BCUT2D eigenvalue weighted by Crippen LogP contribution is -2.47. The van der Waals surface area contributed by atoms with Crippen molar-refractivity contribution in [1.29, 1.82) is 0 Å². The van der Waals surface area contributed by atoms with Crippen molar-refractivity contribution in [3.8, 4) is 0 Å². The van der Waals surface area contributed by atoms with Crippen LogP contribution in [-0.4, -0.2) is 39.1 Å². The Morgan fingerprint density at radius 2 is 2.10 bits per heavy atom. The lowest BCUT2D eigenvalue weighted by molar-refractivity contribution is 0.0696. The maximum atomic E-state index is 12.2. The van der Waals surface area contributed by atoms with Crippen LogP contribution in [0, 0.1) is 0 Å². The van der Waals surface area contributed by atoms with Crippen molar-refractivity contribution in [2.45, 2.75) is 26.3 Å². The number of amides is 2. The van der Waals surface area contributed by atoms with Gasteiger partial charge in [0, 0.05) is 18.3 Å². The van der Waals surface area contributed by atoms with Crippen LogP contribution in [0.25, 0.3) is 0 Å². The molecule has 0 radical (unpaired) electrons. The number of anilines is 1. The Labute approximate surface area is 118 Å². The van der Waals surface area contributed by atoms with Gasteiger partial charge < -0.3 is 15.3 Å². The van der Waals surface area contributed by atoms with E-state index < -0.39 is 5.97 Å². The molecule has 0 aliphatic heterocycles. The van der Waals surface area contributed by atoms with E-state index in [0.29, 0.717) is 12.2 Å². The van der Waals surface area contributed by atoms with Gasteiger partial charge in [0.15, 0.2) is 0 Å². The molecule has 1 aromatic rings. The summed E-state index contributed by atoms with van der Waals surface area (Å²) in [5.74, 6) is -1.09. The number of carbonyl (C=O) groups excluding carboxylic acids is 1. The van der Waals surface area contributed by atoms with Crippen LogP contribution < -0.4 is 5.32 Å². The predicted octanol–water partition coefficient (Wildman–Crippen LogP) is 2.60. The number of pyridine rings is 1.